The molecule has 3 atom stereocenters. The van der Waals surface area contributed by atoms with Gasteiger partial charge in [-0.15, -0.1) is 0 Å². The summed E-state index contributed by atoms with van der Waals surface area (Å²) >= 11 is 0. The number of carbonyl (C=O) groups is 1. The highest BCUT2D eigenvalue weighted by Gasteiger charge is 2.33. The van der Waals surface area contributed by atoms with Gasteiger partial charge in [-0.05, 0) is 31.9 Å². The van der Waals surface area contributed by atoms with E-state index in [1.54, 1.807) is 11.8 Å². The summed E-state index contributed by atoms with van der Waals surface area (Å²) in [6.07, 6.45) is 5.66. The van der Waals surface area contributed by atoms with E-state index in [9.17, 15) is 9.90 Å². The third-order valence-corrected chi connectivity index (χ3v) is 4.34. The smallest absolute Gasteiger partial charge is 0.246 e. The summed E-state index contributed by atoms with van der Waals surface area (Å²) in [5.41, 5.74) is 0.777. The van der Waals surface area contributed by atoms with Crippen LogP contribution in [0.25, 0.3) is 11.0 Å². The van der Waals surface area contributed by atoms with E-state index in [1.165, 1.54) is 12.4 Å². The van der Waals surface area contributed by atoms with E-state index >= 15 is 0 Å². The van der Waals surface area contributed by atoms with Gasteiger partial charge in [-0.3, -0.25) is 4.79 Å². The lowest BCUT2D eigenvalue weighted by Crippen LogP contribution is -2.54. The molecule has 2 aromatic heterocycles. The SMILES string of the molecule is C=CC(=O)N1C[C@@H](Nc2ncnc3[nH]ccc23)CC[C@@H]1[C@@H](C)O. The number of aromatic amines is 1. The maximum atomic E-state index is 12.1. The molecule has 7 nitrogen and oxygen atoms in total. The zero-order valence-electron chi connectivity index (χ0n) is 13.1. The van der Waals surface area contributed by atoms with Crippen LogP contribution in [-0.4, -0.2) is 55.6 Å². The number of amides is 1. The number of piperidine rings is 1. The third-order valence-electron chi connectivity index (χ3n) is 4.34. The molecule has 122 valence electrons. The number of carbonyl (C=O) groups excluding carboxylic acids is 1. The van der Waals surface area contributed by atoms with Crippen molar-refractivity contribution >= 4 is 22.8 Å². The largest absolute Gasteiger partial charge is 0.391 e. The molecular formula is C16H21N5O2. The lowest BCUT2D eigenvalue weighted by atomic mass is 9.94. The van der Waals surface area contributed by atoms with E-state index < -0.39 is 6.10 Å². The number of fused-ring (bicyclic) bond motifs is 1. The average Bonchev–Trinajstić information content (AvgIpc) is 3.03. The first kappa shape index (κ1) is 15.5. The Labute approximate surface area is 134 Å². The zero-order chi connectivity index (χ0) is 16.4. The van der Waals surface area contributed by atoms with Gasteiger partial charge in [0, 0.05) is 18.8 Å². The van der Waals surface area contributed by atoms with Crippen LogP contribution in [0.2, 0.25) is 0 Å². The number of anilines is 1. The number of rotatable bonds is 4. The predicted molar refractivity (Wildman–Crippen MR) is 87.9 cm³/mol. The Morgan fingerprint density at radius 1 is 1.57 bits per heavy atom. The molecule has 3 N–H and O–H groups in total. The van der Waals surface area contributed by atoms with Crippen molar-refractivity contribution in [1.82, 2.24) is 19.9 Å². The molecule has 0 saturated carbocycles. The fraction of sp³-hybridized carbons (Fsp3) is 0.438. The molecule has 1 aliphatic heterocycles. The fourth-order valence-electron chi connectivity index (χ4n) is 3.16. The molecule has 3 heterocycles. The number of nitrogens with zero attached hydrogens (tertiary/aromatic N) is 3. The van der Waals surface area contributed by atoms with Crippen molar-refractivity contribution in [2.75, 3.05) is 11.9 Å². The maximum absolute atomic E-state index is 12.1. The van der Waals surface area contributed by atoms with Gasteiger partial charge < -0.3 is 20.3 Å². The third kappa shape index (κ3) is 3.05. The molecule has 0 unspecified atom stereocenters. The number of nitrogens with one attached hydrogen (secondary N) is 2. The minimum Gasteiger partial charge on any atom is -0.391 e. The van der Waals surface area contributed by atoms with E-state index in [0.717, 1.165) is 29.7 Å². The van der Waals surface area contributed by atoms with E-state index in [-0.39, 0.29) is 18.0 Å². The fourth-order valence-corrected chi connectivity index (χ4v) is 3.16. The van der Waals surface area contributed by atoms with Gasteiger partial charge in [-0.25, -0.2) is 9.97 Å². The Bertz CT molecular complexity index is 711. The second-order valence-corrected chi connectivity index (χ2v) is 5.88. The van der Waals surface area contributed by atoms with Crippen molar-refractivity contribution in [2.24, 2.45) is 0 Å². The number of H-pyrrole nitrogens is 1. The van der Waals surface area contributed by atoms with Crippen molar-refractivity contribution in [2.45, 2.75) is 38.0 Å². The Hall–Kier alpha value is -2.41. The molecule has 1 aliphatic rings. The van der Waals surface area contributed by atoms with Crippen LogP contribution in [0.1, 0.15) is 19.8 Å². The number of aliphatic hydroxyl groups excluding tert-OH is 1. The highest BCUT2D eigenvalue weighted by atomic mass is 16.3. The molecule has 0 spiro atoms. The predicted octanol–water partition coefficient (Wildman–Crippen LogP) is 1.30. The molecule has 0 aliphatic carbocycles. The van der Waals surface area contributed by atoms with Crippen LogP contribution < -0.4 is 5.32 Å². The van der Waals surface area contributed by atoms with E-state index in [2.05, 4.69) is 26.8 Å². The Morgan fingerprint density at radius 2 is 2.39 bits per heavy atom. The Balaban J connectivity index is 1.78. The number of hydrogen-bond acceptors (Lipinski definition) is 5. The van der Waals surface area contributed by atoms with Gasteiger partial charge in [0.15, 0.2) is 0 Å². The van der Waals surface area contributed by atoms with Crippen LogP contribution in [-0.2, 0) is 4.79 Å². The number of likely N-dealkylation sites (tertiary alicyclic amines) is 1. The van der Waals surface area contributed by atoms with Crippen molar-refractivity contribution in [1.29, 1.82) is 0 Å². The summed E-state index contributed by atoms with van der Waals surface area (Å²) in [7, 11) is 0. The molecule has 1 fully saturated rings. The second-order valence-electron chi connectivity index (χ2n) is 5.88. The van der Waals surface area contributed by atoms with Crippen LogP contribution in [0.3, 0.4) is 0 Å². The summed E-state index contributed by atoms with van der Waals surface area (Å²) in [6.45, 7) is 5.78. The number of aliphatic hydroxyl groups is 1. The molecule has 0 bridgehead atoms. The summed E-state index contributed by atoms with van der Waals surface area (Å²) in [5, 5.41) is 14.2. The molecule has 1 saturated heterocycles. The summed E-state index contributed by atoms with van der Waals surface area (Å²) in [5.74, 6) is 0.597. The van der Waals surface area contributed by atoms with Crippen LogP contribution >= 0.6 is 0 Å². The molecule has 0 radical (unpaired) electrons. The minimum atomic E-state index is -0.560. The van der Waals surface area contributed by atoms with Crippen molar-refractivity contribution in [3.05, 3.63) is 31.2 Å². The molecule has 2 aromatic rings. The van der Waals surface area contributed by atoms with Gasteiger partial charge in [-0.1, -0.05) is 6.58 Å². The summed E-state index contributed by atoms with van der Waals surface area (Å²) < 4.78 is 0. The van der Waals surface area contributed by atoms with Gasteiger partial charge in [0.2, 0.25) is 5.91 Å². The highest BCUT2D eigenvalue weighted by Crippen LogP contribution is 2.25. The monoisotopic (exact) mass is 315 g/mol. The first-order valence-electron chi connectivity index (χ1n) is 7.76. The number of aromatic nitrogens is 3. The van der Waals surface area contributed by atoms with Crippen LogP contribution in [0, 0.1) is 0 Å². The number of hydrogen-bond donors (Lipinski definition) is 3. The molecule has 1 amide bonds. The first-order valence-corrected chi connectivity index (χ1v) is 7.76. The van der Waals surface area contributed by atoms with Crippen molar-refractivity contribution in [3.63, 3.8) is 0 Å². The van der Waals surface area contributed by atoms with E-state index in [4.69, 9.17) is 0 Å². The lowest BCUT2D eigenvalue weighted by Gasteiger charge is -2.41. The molecule has 0 aromatic carbocycles. The van der Waals surface area contributed by atoms with E-state index in [0.29, 0.717) is 6.54 Å². The maximum Gasteiger partial charge on any atom is 0.246 e. The molecular weight excluding hydrogens is 294 g/mol. The second kappa shape index (κ2) is 6.37. The zero-order valence-corrected chi connectivity index (χ0v) is 13.1. The van der Waals surface area contributed by atoms with E-state index in [1.807, 2.05) is 12.3 Å². The van der Waals surface area contributed by atoms with Gasteiger partial charge in [0.25, 0.3) is 0 Å². The van der Waals surface area contributed by atoms with Gasteiger partial charge in [0.1, 0.15) is 17.8 Å². The molecule has 3 rings (SSSR count). The average molecular weight is 315 g/mol. The van der Waals surface area contributed by atoms with Crippen molar-refractivity contribution in [3.8, 4) is 0 Å². The summed E-state index contributed by atoms with van der Waals surface area (Å²) in [6, 6.07) is 1.82. The Kier molecular flexibility index (Phi) is 4.29. The lowest BCUT2D eigenvalue weighted by molar-refractivity contribution is -0.132. The van der Waals surface area contributed by atoms with Crippen molar-refractivity contribution < 1.29 is 9.90 Å². The standard InChI is InChI=1S/C16H21N5O2/c1-3-14(23)21-8-11(4-5-13(21)10(2)22)20-16-12-6-7-17-15(12)18-9-19-16/h3,6-7,9-11,13,22H,1,4-5,8H2,2H3,(H2,17,18,19,20)/t10-,11+,13-/m1/s1. The summed E-state index contributed by atoms with van der Waals surface area (Å²) in [4.78, 5) is 25.3. The first-order chi connectivity index (χ1) is 11.1. The molecule has 7 heteroatoms. The van der Waals surface area contributed by atoms with Crippen LogP contribution in [0.15, 0.2) is 31.2 Å². The topological polar surface area (TPSA) is 94.1 Å². The Morgan fingerprint density at radius 3 is 3.13 bits per heavy atom. The minimum absolute atomic E-state index is 0.0712. The quantitative estimate of drug-likeness (QED) is 0.739. The van der Waals surface area contributed by atoms with Gasteiger partial charge in [-0.2, -0.15) is 0 Å². The highest BCUT2D eigenvalue weighted by molar-refractivity contribution is 5.88. The van der Waals surface area contributed by atoms with Gasteiger partial charge in [0.05, 0.1) is 17.5 Å². The van der Waals surface area contributed by atoms with Crippen LogP contribution in [0.5, 0.6) is 0 Å². The normalized spacial score (nSPS) is 22.8. The molecule has 23 heavy (non-hydrogen) atoms. The van der Waals surface area contributed by atoms with Gasteiger partial charge >= 0.3 is 0 Å². The van der Waals surface area contributed by atoms with Crippen LogP contribution in [0.4, 0.5) is 5.82 Å².